The summed E-state index contributed by atoms with van der Waals surface area (Å²) in [6, 6.07) is 13.2. The molecule has 0 fully saturated rings. The number of fused-ring (bicyclic) bond motifs is 1. The van der Waals surface area contributed by atoms with Crippen LogP contribution in [-0.2, 0) is 17.0 Å². The van der Waals surface area contributed by atoms with Gasteiger partial charge in [-0.1, -0.05) is 6.07 Å². The Hall–Kier alpha value is -3.06. The third-order valence-corrected chi connectivity index (χ3v) is 5.71. The van der Waals surface area contributed by atoms with Crippen LogP contribution in [0.2, 0.25) is 0 Å². The number of carbonyl (C=O) groups is 2. The Kier molecular flexibility index (Phi) is 5.95. The fourth-order valence-electron chi connectivity index (χ4n) is 3.28. The summed E-state index contributed by atoms with van der Waals surface area (Å²) in [5.74, 6) is 1.45. The summed E-state index contributed by atoms with van der Waals surface area (Å²) in [6.07, 6.45) is 5.95. The minimum absolute atomic E-state index is 0.0113. The van der Waals surface area contributed by atoms with Gasteiger partial charge in [-0.2, -0.15) is 11.8 Å². The summed E-state index contributed by atoms with van der Waals surface area (Å²) in [7, 11) is 0. The zero-order chi connectivity index (χ0) is 20.1. The number of hydrogen-bond donors (Lipinski definition) is 1. The van der Waals surface area contributed by atoms with Gasteiger partial charge < -0.3 is 14.6 Å². The first-order valence-corrected chi connectivity index (χ1v) is 10.6. The second-order valence-corrected chi connectivity index (χ2v) is 7.84. The summed E-state index contributed by atoms with van der Waals surface area (Å²) in [4.78, 5) is 30.8. The van der Waals surface area contributed by atoms with Crippen molar-refractivity contribution in [3.05, 3.63) is 78.0 Å². The average molecular weight is 407 g/mol. The Labute approximate surface area is 173 Å². The van der Waals surface area contributed by atoms with Crippen LogP contribution in [0.4, 0.5) is 11.4 Å². The quantitative estimate of drug-likeness (QED) is 0.596. The van der Waals surface area contributed by atoms with E-state index in [9.17, 15) is 9.59 Å². The molecule has 3 heterocycles. The lowest BCUT2D eigenvalue weighted by Crippen LogP contribution is -2.28. The molecule has 7 heteroatoms. The van der Waals surface area contributed by atoms with Crippen LogP contribution in [0, 0.1) is 0 Å². The van der Waals surface area contributed by atoms with E-state index in [0.717, 1.165) is 40.6 Å². The largest absolute Gasteiger partial charge is 0.472 e. The highest BCUT2D eigenvalue weighted by Crippen LogP contribution is 2.31. The molecule has 0 spiro atoms. The molecule has 2 amide bonds. The maximum Gasteiger partial charge on any atom is 0.261 e. The number of nitrogens with one attached hydrogen (secondary N) is 1. The normalized spacial score (nSPS) is 12.6. The number of thioether (sulfide) groups is 1. The van der Waals surface area contributed by atoms with Crippen molar-refractivity contribution in [1.29, 1.82) is 0 Å². The first-order valence-electron chi connectivity index (χ1n) is 9.45. The first-order chi connectivity index (χ1) is 14.2. The molecule has 1 aliphatic rings. The third-order valence-electron chi connectivity index (χ3n) is 4.72. The molecule has 29 heavy (non-hydrogen) atoms. The maximum absolute atomic E-state index is 12.6. The van der Waals surface area contributed by atoms with Gasteiger partial charge in [-0.15, -0.1) is 0 Å². The highest BCUT2D eigenvalue weighted by Gasteiger charge is 2.26. The second kappa shape index (κ2) is 8.96. The van der Waals surface area contributed by atoms with Gasteiger partial charge in [0.15, 0.2) is 0 Å². The van der Waals surface area contributed by atoms with Crippen LogP contribution < -0.4 is 10.2 Å². The summed E-state index contributed by atoms with van der Waals surface area (Å²) < 4.78 is 5.01. The van der Waals surface area contributed by atoms with Crippen LogP contribution in [-0.4, -0.2) is 29.1 Å². The van der Waals surface area contributed by atoms with Crippen molar-refractivity contribution >= 4 is 35.0 Å². The maximum atomic E-state index is 12.6. The molecule has 0 bridgehead atoms. The predicted molar refractivity (Wildman–Crippen MR) is 114 cm³/mol. The Bertz CT molecular complexity index is 990. The smallest absolute Gasteiger partial charge is 0.261 e. The van der Waals surface area contributed by atoms with Gasteiger partial charge in [0.2, 0.25) is 5.91 Å². The molecule has 3 aromatic rings. The number of furan rings is 1. The van der Waals surface area contributed by atoms with E-state index in [1.807, 2.05) is 36.4 Å². The minimum Gasteiger partial charge on any atom is -0.472 e. The Balaban J connectivity index is 1.29. The van der Waals surface area contributed by atoms with Crippen molar-refractivity contribution in [2.45, 2.75) is 18.6 Å². The van der Waals surface area contributed by atoms with Crippen molar-refractivity contribution in [3.63, 3.8) is 0 Å². The van der Waals surface area contributed by atoms with Crippen molar-refractivity contribution in [3.8, 4) is 0 Å². The van der Waals surface area contributed by atoms with Crippen molar-refractivity contribution in [2.24, 2.45) is 0 Å². The molecule has 148 valence electrons. The average Bonchev–Trinajstić information content (AvgIpc) is 3.41. The summed E-state index contributed by atoms with van der Waals surface area (Å²) in [5, 5.41) is 2.96. The number of anilines is 2. The minimum atomic E-state index is -0.0702. The number of aromatic nitrogens is 1. The van der Waals surface area contributed by atoms with E-state index in [1.54, 1.807) is 28.9 Å². The van der Waals surface area contributed by atoms with E-state index in [4.69, 9.17) is 4.42 Å². The standard InChI is InChI=1S/C22H21N3O3S/c26-21(8-12-29-15-19-3-1-2-9-23-19)24-18-4-5-20-16(13-18)6-10-25(20)22(27)17-7-11-28-14-17/h1-5,7,9,11,13-14H,6,8,10,12,15H2,(H,24,26). The van der Waals surface area contributed by atoms with Crippen LogP contribution in [0.25, 0.3) is 0 Å². The van der Waals surface area contributed by atoms with Crippen molar-refractivity contribution in [2.75, 3.05) is 22.5 Å². The van der Waals surface area contributed by atoms with Gasteiger partial charge in [-0.25, -0.2) is 0 Å². The van der Waals surface area contributed by atoms with Gasteiger partial charge in [-0.05, 0) is 48.4 Å². The number of rotatable bonds is 7. The van der Waals surface area contributed by atoms with E-state index < -0.39 is 0 Å². The molecule has 0 unspecified atom stereocenters. The third kappa shape index (κ3) is 4.68. The molecule has 1 N–H and O–H groups in total. The van der Waals surface area contributed by atoms with Crippen LogP contribution in [0.5, 0.6) is 0 Å². The van der Waals surface area contributed by atoms with Crippen LogP contribution in [0.1, 0.15) is 28.0 Å². The van der Waals surface area contributed by atoms with Crippen LogP contribution >= 0.6 is 11.8 Å². The predicted octanol–water partition coefficient (Wildman–Crippen LogP) is 4.14. The SMILES string of the molecule is O=C(CCSCc1ccccn1)Nc1ccc2c(c1)CCN2C(=O)c1ccoc1. The Morgan fingerprint density at radius 3 is 2.93 bits per heavy atom. The lowest BCUT2D eigenvalue weighted by molar-refractivity contribution is -0.115. The van der Waals surface area contributed by atoms with Gasteiger partial charge in [0.25, 0.3) is 5.91 Å². The monoisotopic (exact) mass is 407 g/mol. The van der Waals surface area contributed by atoms with E-state index in [0.29, 0.717) is 18.5 Å². The van der Waals surface area contributed by atoms with E-state index in [-0.39, 0.29) is 11.8 Å². The fraction of sp³-hybridized carbons (Fsp3) is 0.227. The molecule has 0 saturated carbocycles. The highest BCUT2D eigenvalue weighted by molar-refractivity contribution is 7.98. The molecule has 0 atom stereocenters. The second-order valence-electron chi connectivity index (χ2n) is 6.73. The molecular formula is C22H21N3O3S. The van der Waals surface area contributed by atoms with Crippen molar-refractivity contribution in [1.82, 2.24) is 4.98 Å². The van der Waals surface area contributed by atoms with Crippen LogP contribution in [0.15, 0.2) is 65.6 Å². The molecular weight excluding hydrogens is 386 g/mol. The highest BCUT2D eigenvalue weighted by atomic mass is 32.2. The number of hydrogen-bond acceptors (Lipinski definition) is 5. The molecule has 2 aromatic heterocycles. The topological polar surface area (TPSA) is 75.4 Å². The molecule has 0 aliphatic carbocycles. The molecule has 0 radical (unpaired) electrons. The fourth-order valence-corrected chi connectivity index (χ4v) is 4.14. The first kappa shape index (κ1) is 19.3. The number of amides is 2. The summed E-state index contributed by atoms with van der Waals surface area (Å²) >= 11 is 1.69. The molecule has 6 nitrogen and oxygen atoms in total. The lowest BCUT2D eigenvalue weighted by atomic mass is 10.1. The number of carbonyl (C=O) groups excluding carboxylic acids is 2. The zero-order valence-corrected chi connectivity index (χ0v) is 16.7. The summed E-state index contributed by atoms with van der Waals surface area (Å²) in [6.45, 7) is 0.626. The zero-order valence-electron chi connectivity index (χ0n) is 15.8. The van der Waals surface area contributed by atoms with Gasteiger partial charge in [0.05, 0.1) is 17.5 Å². The number of pyridine rings is 1. The van der Waals surface area contributed by atoms with E-state index in [2.05, 4.69) is 10.3 Å². The number of nitrogens with zero attached hydrogens (tertiary/aromatic N) is 2. The molecule has 0 saturated heterocycles. The Morgan fingerprint density at radius 2 is 2.14 bits per heavy atom. The van der Waals surface area contributed by atoms with Gasteiger partial charge in [0, 0.05) is 42.0 Å². The number of benzene rings is 1. The summed E-state index contributed by atoms with van der Waals surface area (Å²) in [5.41, 5.74) is 4.27. The van der Waals surface area contributed by atoms with Gasteiger partial charge in [-0.3, -0.25) is 14.6 Å². The Morgan fingerprint density at radius 1 is 1.21 bits per heavy atom. The van der Waals surface area contributed by atoms with Crippen LogP contribution in [0.3, 0.4) is 0 Å². The molecule has 1 aliphatic heterocycles. The van der Waals surface area contributed by atoms with E-state index >= 15 is 0 Å². The molecule has 4 rings (SSSR count). The van der Waals surface area contributed by atoms with E-state index in [1.165, 1.54) is 12.5 Å². The lowest BCUT2D eigenvalue weighted by Gasteiger charge is -2.16. The molecule has 1 aromatic carbocycles. The van der Waals surface area contributed by atoms with Gasteiger partial charge in [0.1, 0.15) is 6.26 Å². The van der Waals surface area contributed by atoms with Gasteiger partial charge >= 0.3 is 0 Å². The van der Waals surface area contributed by atoms with Crippen molar-refractivity contribution < 1.29 is 14.0 Å².